The van der Waals surface area contributed by atoms with Crippen LogP contribution in [0.3, 0.4) is 0 Å². The fraction of sp³-hybridized carbons (Fsp3) is 1.00. The zero-order valence-corrected chi connectivity index (χ0v) is 6.35. The van der Waals surface area contributed by atoms with Crippen molar-refractivity contribution in [2.24, 2.45) is 5.92 Å². The van der Waals surface area contributed by atoms with Crippen molar-refractivity contribution in [3.8, 4) is 0 Å². The molecule has 0 heterocycles. The van der Waals surface area contributed by atoms with Crippen LogP contribution in [-0.2, 0) is 4.57 Å². The van der Waals surface area contributed by atoms with Gasteiger partial charge in [-0.25, -0.2) is 0 Å². The molecule has 3 heteroatoms. The van der Waals surface area contributed by atoms with Crippen molar-refractivity contribution in [1.82, 2.24) is 0 Å². The Kier molecular flexibility index (Phi) is 4.20. The van der Waals surface area contributed by atoms with E-state index < -0.39 is 8.03 Å². The predicted molar refractivity (Wildman–Crippen MR) is 35.5 cm³/mol. The van der Waals surface area contributed by atoms with E-state index in [9.17, 15) is 4.57 Å². The smallest absolute Gasteiger partial charge is 0.189 e. The van der Waals surface area contributed by atoms with E-state index in [1.807, 2.05) is 13.8 Å². The van der Waals surface area contributed by atoms with Crippen LogP contribution in [0, 0.1) is 5.92 Å². The molecule has 0 aliphatic heterocycles. The zero-order valence-electron chi connectivity index (χ0n) is 5.35. The highest BCUT2D eigenvalue weighted by atomic mass is 31.1. The second-order valence-corrected chi connectivity index (χ2v) is 3.31. The molecule has 2 atom stereocenters. The van der Waals surface area contributed by atoms with Gasteiger partial charge in [-0.3, -0.25) is 4.57 Å². The SMILES string of the molecule is CCC(C)C[PH](=O)O. The first-order valence-corrected chi connectivity index (χ1v) is 4.44. The van der Waals surface area contributed by atoms with Crippen molar-refractivity contribution in [2.75, 3.05) is 6.16 Å². The van der Waals surface area contributed by atoms with E-state index in [0.717, 1.165) is 6.42 Å². The van der Waals surface area contributed by atoms with Crippen LogP contribution in [0.15, 0.2) is 0 Å². The molecule has 0 saturated carbocycles. The highest BCUT2D eigenvalue weighted by Crippen LogP contribution is 2.19. The molecule has 1 N–H and O–H groups in total. The van der Waals surface area contributed by atoms with E-state index in [2.05, 4.69) is 0 Å². The molecule has 0 aromatic heterocycles. The summed E-state index contributed by atoms with van der Waals surface area (Å²) in [6.45, 7) is 4.01. The normalized spacial score (nSPS) is 17.9. The summed E-state index contributed by atoms with van der Waals surface area (Å²) in [6, 6.07) is 0. The molecular formula is C5H13O2P. The maximum Gasteiger partial charge on any atom is 0.189 e. The Labute approximate surface area is 50.8 Å². The van der Waals surface area contributed by atoms with Gasteiger partial charge in [0.05, 0.1) is 0 Å². The van der Waals surface area contributed by atoms with Crippen molar-refractivity contribution < 1.29 is 9.46 Å². The van der Waals surface area contributed by atoms with Gasteiger partial charge in [0.1, 0.15) is 0 Å². The highest BCUT2D eigenvalue weighted by molar-refractivity contribution is 7.37. The summed E-state index contributed by atoms with van der Waals surface area (Å²) in [5.41, 5.74) is 0. The molecule has 0 fully saturated rings. The summed E-state index contributed by atoms with van der Waals surface area (Å²) in [5, 5.41) is 0. The first-order chi connectivity index (χ1) is 3.66. The Hall–Kier alpha value is 0.190. The molecule has 0 saturated heterocycles. The molecule has 0 aliphatic carbocycles. The fourth-order valence-electron chi connectivity index (χ4n) is 0.442. The van der Waals surface area contributed by atoms with E-state index in [1.54, 1.807) is 0 Å². The molecule has 0 radical (unpaired) electrons. The van der Waals surface area contributed by atoms with Gasteiger partial charge in [-0.05, 0) is 5.92 Å². The van der Waals surface area contributed by atoms with Crippen molar-refractivity contribution >= 4 is 8.03 Å². The molecule has 0 aromatic rings. The standard InChI is InChI=1S/C5H13O2P/c1-3-5(2)4-8(6)7/h5,8H,3-4H2,1-2H3,(H,6,7). The fourth-order valence-corrected chi connectivity index (χ4v) is 1.33. The van der Waals surface area contributed by atoms with E-state index in [4.69, 9.17) is 4.89 Å². The third-order valence-electron chi connectivity index (χ3n) is 1.22. The minimum Gasteiger partial charge on any atom is -0.346 e. The van der Waals surface area contributed by atoms with Gasteiger partial charge in [-0.15, -0.1) is 0 Å². The molecular weight excluding hydrogens is 123 g/mol. The van der Waals surface area contributed by atoms with Crippen LogP contribution < -0.4 is 0 Å². The second-order valence-electron chi connectivity index (χ2n) is 2.11. The first-order valence-electron chi connectivity index (χ1n) is 2.88. The van der Waals surface area contributed by atoms with Gasteiger partial charge >= 0.3 is 0 Å². The third-order valence-corrected chi connectivity index (χ3v) is 2.27. The minimum atomic E-state index is -2.20. The highest BCUT2D eigenvalue weighted by Gasteiger charge is 2.00. The molecule has 0 spiro atoms. The summed E-state index contributed by atoms with van der Waals surface area (Å²) in [6.07, 6.45) is 1.48. The lowest BCUT2D eigenvalue weighted by molar-refractivity contribution is 0.487. The van der Waals surface area contributed by atoms with Crippen molar-refractivity contribution in [3.63, 3.8) is 0 Å². The Morgan fingerprint density at radius 2 is 2.25 bits per heavy atom. The van der Waals surface area contributed by atoms with E-state index in [-0.39, 0.29) is 0 Å². The van der Waals surface area contributed by atoms with Gasteiger partial charge in [0, 0.05) is 6.16 Å². The number of hydrogen-bond acceptors (Lipinski definition) is 1. The quantitative estimate of drug-likeness (QED) is 0.597. The van der Waals surface area contributed by atoms with Crippen LogP contribution in [0.5, 0.6) is 0 Å². The van der Waals surface area contributed by atoms with Gasteiger partial charge in [-0.2, -0.15) is 0 Å². The van der Waals surface area contributed by atoms with E-state index in [1.165, 1.54) is 0 Å². The average molecular weight is 136 g/mol. The van der Waals surface area contributed by atoms with E-state index in [0.29, 0.717) is 12.1 Å². The lowest BCUT2D eigenvalue weighted by atomic mass is 10.2. The van der Waals surface area contributed by atoms with E-state index >= 15 is 0 Å². The van der Waals surface area contributed by atoms with Gasteiger partial charge in [0.15, 0.2) is 8.03 Å². The van der Waals surface area contributed by atoms with Crippen LogP contribution in [0.2, 0.25) is 0 Å². The Morgan fingerprint density at radius 3 is 2.38 bits per heavy atom. The maximum absolute atomic E-state index is 10.2. The summed E-state index contributed by atoms with van der Waals surface area (Å²) in [5.74, 6) is 0.409. The van der Waals surface area contributed by atoms with Crippen LogP contribution >= 0.6 is 8.03 Å². The second kappa shape index (κ2) is 4.11. The monoisotopic (exact) mass is 136 g/mol. The summed E-state index contributed by atoms with van der Waals surface area (Å²) < 4.78 is 10.2. The van der Waals surface area contributed by atoms with Gasteiger partial charge in [0.2, 0.25) is 0 Å². The van der Waals surface area contributed by atoms with Crippen molar-refractivity contribution in [3.05, 3.63) is 0 Å². The largest absolute Gasteiger partial charge is 0.346 e. The summed E-state index contributed by atoms with van der Waals surface area (Å²) in [4.78, 5) is 8.40. The molecule has 2 unspecified atom stereocenters. The Balaban J connectivity index is 3.24. The molecule has 2 nitrogen and oxygen atoms in total. The van der Waals surface area contributed by atoms with Crippen LogP contribution in [0.4, 0.5) is 0 Å². The minimum absolute atomic E-state index is 0.409. The van der Waals surface area contributed by atoms with Gasteiger partial charge in [-0.1, -0.05) is 20.3 Å². The van der Waals surface area contributed by atoms with Gasteiger partial charge < -0.3 is 4.89 Å². The number of rotatable bonds is 3. The molecule has 8 heavy (non-hydrogen) atoms. The molecule has 0 amide bonds. The topological polar surface area (TPSA) is 37.3 Å². The average Bonchev–Trinajstić information content (AvgIpc) is 1.65. The van der Waals surface area contributed by atoms with Crippen molar-refractivity contribution in [1.29, 1.82) is 0 Å². The van der Waals surface area contributed by atoms with Crippen molar-refractivity contribution in [2.45, 2.75) is 20.3 Å². The number of hydrogen-bond donors (Lipinski definition) is 1. The summed E-state index contributed by atoms with van der Waals surface area (Å²) in [7, 11) is -2.20. The van der Waals surface area contributed by atoms with Crippen LogP contribution in [0.25, 0.3) is 0 Å². The van der Waals surface area contributed by atoms with Crippen LogP contribution in [0.1, 0.15) is 20.3 Å². The lowest BCUT2D eigenvalue weighted by Crippen LogP contribution is -1.93. The molecule has 0 bridgehead atoms. The zero-order chi connectivity index (χ0) is 6.57. The molecule has 0 rings (SSSR count). The molecule has 50 valence electrons. The third kappa shape index (κ3) is 4.35. The Morgan fingerprint density at radius 1 is 1.75 bits per heavy atom. The Bertz CT molecular complexity index is 82.5. The lowest BCUT2D eigenvalue weighted by Gasteiger charge is -2.02. The van der Waals surface area contributed by atoms with Crippen LogP contribution in [-0.4, -0.2) is 11.1 Å². The summed E-state index contributed by atoms with van der Waals surface area (Å²) >= 11 is 0. The first kappa shape index (κ1) is 8.19. The van der Waals surface area contributed by atoms with Gasteiger partial charge in [0.25, 0.3) is 0 Å². The predicted octanol–water partition coefficient (Wildman–Crippen LogP) is 1.50. The molecule has 0 aromatic carbocycles. The molecule has 0 aliphatic rings. The maximum atomic E-state index is 10.2.